The van der Waals surface area contributed by atoms with Crippen LogP contribution in [0.1, 0.15) is 91.2 Å². The summed E-state index contributed by atoms with van der Waals surface area (Å²) >= 11 is 8.26. The molecule has 0 radical (unpaired) electrons. The molecule has 3 N–H and O–H groups in total. The largest absolute Gasteiger partial charge is 0.495 e. The number of thioether (sulfide) groups is 1. The number of benzene rings is 2. The third kappa shape index (κ3) is 16.3. The summed E-state index contributed by atoms with van der Waals surface area (Å²) in [4.78, 5) is 84.0. The quantitative estimate of drug-likeness (QED) is 0.0396. The lowest BCUT2D eigenvalue weighted by molar-refractivity contribution is -0.162. The molecule has 0 aliphatic carbocycles. The first-order chi connectivity index (χ1) is 34.4. The number of likely N-dealkylation sites (N-methyl/N-ethyl adjacent to an activating group) is 1. The Hall–Kier alpha value is -4.44. The van der Waals surface area contributed by atoms with Gasteiger partial charge in [-0.2, -0.15) is 0 Å². The number of ether oxygens (including phenoxy) is 6. The normalized spacial score (nSPS) is 25.9. The van der Waals surface area contributed by atoms with E-state index in [1.165, 1.54) is 49.8 Å². The molecule has 2 aromatic carbocycles. The molecule has 5 rings (SSSR count). The summed E-state index contributed by atoms with van der Waals surface area (Å²) in [7, 11) is 9.27. The van der Waals surface area contributed by atoms with Crippen molar-refractivity contribution in [1.82, 2.24) is 15.5 Å². The average molecular weight is 1090 g/mol. The van der Waals surface area contributed by atoms with E-state index >= 15 is 0 Å². The Morgan fingerprint density at radius 2 is 1.84 bits per heavy atom. The van der Waals surface area contributed by atoms with E-state index < -0.39 is 76.5 Å². The Labute approximate surface area is 446 Å². The first kappa shape index (κ1) is 59.4. The highest BCUT2D eigenvalue weighted by atomic mass is 35.5. The number of hydrogen-bond donors (Lipinski definition) is 3. The molecular formula is C52H71ClN4O13S3. The van der Waals surface area contributed by atoms with Gasteiger partial charge in [0.25, 0.3) is 0 Å². The first-order valence-electron chi connectivity index (χ1n) is 24.1. The van der Waals surface area contributed by atoms with Gasteiger partial charge in [0, 0.05) is 62.6 Å². The second kappa shape index (κ2) is 26.4. The van der Waals surface area contributed by atoms with Crippen molar-refractivity contribution in [2.45, 2.75) is 145 Å². The molecule has 402 valence electrons. The summed E-state index contributed by atoms with van der Waals surface area (Å²) in [6, 6.07) is 10.3. The van der Waals surface area contributed by atoms with Gasteiger partial charge in [0.05, 0.1) is 31.1 Å². The number of hydrogen-bond acceptors (Lipinski definition) is 16. The zero-order valence-electron chi connectivity index (χ0n) is 43.6. The molecule has 2 aromatic rings. The van der Waals surface area contributed by atoms with Crippen LogP contribution in [0.2, 0.25) is 5.02 Å². The number of halogens is 1. The molecule has 3 aliphatic rings. The average Bonchev–Trinajstić information content (AvgIpc) is 4.05. The number of nitrogens with one attached hydrogen (secondary N) is 2. The topological polar surface area (TPSA) is 212 Å². The lowest BCUT2D eigenvalue weighted by atomic mass is 9.83. The van der Waals surface area contributed by atoms with Crippen molar-refractivity contribution < 1.29 is 62.3 Å². The standard InChI is InChI=1S/C52H71ClN4O13S3/c1-31-14-12-16-41(66-10)52(64)28-40(68-49(63)55-52)32(2)46-51(6,70-46)42(27-44(60)57(8)38-25-35(24-31)26-39(65-9)45(38)53)69-47(61)33(3)56(7)43(59)21-22-50(4,5)72-30-36(58)15-13-23-54-48(62)67-29-34-17-19-37(20-18-34)73-71-11/h12,14,16-20,25-26,32-33,40-42,46,64H,13,15,21-24,27-30H2,1-11H3,(H,54,62)(H,55,63)/b16-12+,31-14+/t32-,33+,40+,41-,42+,46+,51-,52+/m1/s1. The van der Waals surface area contributed by atoms with E-state index in [1.54, 1.807) is 66.8 Å². The summed E-state index contributed by atoms with van der Waals surface area (Å²) in [5.74, 6) is -1.58. The Kier molecular flexibility index (Phi) is 21.5. The van der Waals surface area contributed by atoms with Gasteiger partial charge in [0.1, 0.15) is 53.1 Å². The molecule has 0 unspecified atom stereocenters. The van der Waals surface area contributed by atoms with Crippen LogP contribution in [0, 0.1) is 5.92 Å². The number of fused-ring (bicyclic) bond motifs is 5. The van der Waals surface area contributed by atoms with E-state index in [0.29, 0.717) is 30.7 Å². The van der Waals surface area contributed by atoms with E-state index in [1.807, 2.05) is 57.4 Å². The van der Waals surface area contributed by atoms with Crippen molar-refractivity contribution in [3.63, 3.8) is 0 Å². The predicted molar refractivity (Wildman–Crippen MR) is 285 cm³/mol. The van der Waals surface area contributed by atoms with E-state index in [4.69, 9.17) is 40.0 Å². The van der Waals surface area contributed by atoms with Crippen LogP contribution in [-0.4, -0.2) is 139 Å². The van der Waals surface area contributed by atoms with Gasteiger partial charge in [-0.3, -0.25) is 19.7 Å². The lowest BCUT2D eigenvalue weighted by Crippen LogP contribution is -2.63. The van der Waals surface area contributed by atoms with Gasteiger partial charge in [-0.25, -0.2) is 14.4 Å². The number of methoxy groups -OCH3 is 2. The third-order valence-corrected chi connectivity index (χ3v) is 17.0. The van der Waals surface area contributed by atoms with Crippen LogP contribution < -0.4 is 20.3 Å². The van der Waals surface area contributed by atoms with Crippen LogP contribution in [0.3, 0.4) is 0 Å². The molecule has 0 aromatic heterocycles. The maximum atomic E-state index is 14.4. The predicted octanol–water partition coefficient (Wildman–Crippen LogP) is 8.45. The molecule has 2 fully saturated rings. The van der Waals surface area contributed by atoms with Gasteiger partial charge >= 0.3 is 18.2 Å². The number of amides is 4. The van der Waals surface area contributed by atoms with Gasteiger partial charge in [-0.1, -0.05) is 89.9 Å². The third-order valence-electron chi connectivity index (χ3n) is 13.5. The number of aliphatic hydroxyl groups is 1. The summed E-state index contributed by atoms with van der Waals surface area (Å²) in [6.45, 7) is 11.3. The van der Waals surface area contributed by atoms with Crippen molar-refractivity contribution in [2.24, 2.45) is 5.92 Å². The molecule has 73 heavy (non-hydrogen) atoms. The van der Waals surface area contributed by atoms with Crippen LogP contribution in [0.4, 0.5) is 15.3 Å². The minimum atomic E-state index is -1.87. The molecule has 3 heterocycles. The molecule has 0 spiro atoms. The Balaban J connectivity index is 1.21. The number of rotatable bonds is 19. The zero-order valence-corrected chi connectivity index (χ0v) is 46.8. The molecule has 2 saturated heterocycles. The zero-order chi connectivity index (χ0) is 53.8. The van der Waals surface area contributed by atoms with Crippen molar-refractivity contribution in [3.05, 3.63) is 76.3 Å². The number of carbonyl (C=O) groups excluding carboxylic acids is 6. The molecule has 21 heteroatoms. The fraction of sp³-hybridized carbons (Fsp3) is 0.577. The number of esters is 1. The maximum Gasteiger partial charge on any atom is 0.409 e. The summed E-state index contributed by atoms with van der Waals surface area (Å²) in [5.41, 5.74) is -0.218. The number of anilines is 1. The van der Waals surface area contributed by atoms with Gasteiger partial charge in [-0.15, -0.1) is 11.8 Å². The summed E-state index contributed by atoms with van der Waals surface area (Å²) in [6.07, 6.45) is 3.21. The van der Waals surface area contributed by atoms with Crippen LogP contribution in [0.15, 0.2) is 65.1 Å². The number of allylic oxidation sites excluding steroid dienone is 3. The van der Waals surface area contributed by atoms with Gasteiger partial charge in [-0.05, 0) is 81.7 Å². The van der Waals surface area contributed by atoms with Crippen LogP contribution >= 0.6 is 45.0 Å². The molecule has 3 aliphatic heterocycles. The van der Waals surface area contributed by atoms with Gasteiger partial charge in [0.2, 0.25) is 11.8 Å². The molecule has 4 amide bonds. The van der Waals surface area contributed by atoms with E-state index in [9.17, 15) is 33.9 Å². The lowest BCUT2D eigenvalue weighted by Gasteiger charge is -2.42. The molecular weight excluding hydrogens is 1020 g/mol. The number of Topliss-reactive ketones (excluding diaryl/α,β-unsaturated/α-hetero) is 1. The maximum absolute atomic E-state index is 14.4. The second-order valence-corrected chi connectivity index (χ2v) is 24.0. The Morgan fingerprint density at radius 3 is 2.51 bits per heavy atom. The Bertz CT molecular complexity index is 2370. The molecule has 8 atom stereocenters. The van der Waals surface area contributed by atoms with Gasteiger partial charge < -0.3 is 48.6 Å². The van der Waals surface area contributed by atoms with E-state index in [-0.39, 0.29) is 61.3 Å². The fourth-order valence-corrected chi connectivity index (χ4v) is 11.2. The molecule has 4 bridgehead atoms. The van der Waals surface area contributed by atoms with Crippen LogP contribution in [0.25, 0.3) is 0 Å². The van der Waals surface area contributed by atoms with Crippen molar-refractivity contribution in [2.75, 3.05) is 51.8 Å². The smallest absolute Gasteiger partial charge is 0.409 e. The number of epoxide rings is 1. The number of nitrogens with zero attached hydrogens (tertiary/aromatic N) is 2. The van der Waals surface area contributed by atoms with Crippen LogP contribution in [-0.2, 0) is 55.9 Å². The van der Waals surface area contributed by atoms with Crippen molar-refractivity contribution in [1.29, 1.82) is 0 Å². The summed E-state index contributed by atoms with van der Waals surface area (Å²) < 4.78 is 34.3. The van der Waals surface area contributed by atoms with E-state index in [0.717, 1.165) is 21.6 Å². The first-order valence-corrected chi connectivity index (χ1v) is 28.1. The number of ketones is 1. The second-order valence-electron chi connectivity index (χ2n) is 19.5. The van der Waals surface area contributed by atoms with Gasteiger partial charge in [0.15, 0.2) is 5.72 Å². The van der Waals surface area contributed by atoms with E-state index in [2.05, 4.69) is 10.6 Å². The minimum absolute atomic E-state index is 0.00942. The molecule has 0 saturated carbocycles. The Morgan fingerprint density at radius 1 is 1.12 bits per heavy atom. The molecule has 17 nitrogen and oxygen atoms in total. The van der Waals surface area contributed by atoms with Crippen LogP contribution in [0.5, 0.6) is 5.75 Å². The summed E-state index contributed by atoms with van der Waals surface area (Å²) in [5, 5.41) is 17.3. The van der Waals surface area contributed by atoms with Crippen molar-refractivity contribution in [3.8, 4) is 5.75 Å². The monoisotopic (exact) mass is 1090 g/mol. The number of carbonyl (C=O) groups is 6. The highest BCUT2D eigenvalue weighted by molar-refractivity contribution is 8.76. The minimum Gasteiger partial charge on any atom is -0.495 e. The highest BCUT2D eigenvalue weighted by Gasteiger charge is 2.64. The number of alkyl carbamates (subject to hydrolysis) is 2. The highest BCUT2D eigenvalue weighted by Crippen LogP contribution is 2.49. The van der Waals surface area contributed by atoms with Crippen molar-refractivity contribution >= 4 is 86.4 Å². The SMILES string of the molecule is COc1cc2cc(c1Cl)N(C)C(=O)C[C@H](OC(=O)[C@H](C)N(C)C(=O)CCC(C)(C)SCC(=O)CCCNC(=O)OCc1ccc(SSC)cc1)[C@@]1(C)O[C@H]1[C@H](C)[C@@H]1C[C@@](O)(NC(=O)O1)[C@H](OC)/C=C/C=C(\C)C2. The fourth-order valence-electron chi connectivity index (χ4n) is 8.64.